The Hall–Kier alpha value is -2.42. The van der Waals surface area contributed by atoms with Gasteiger partial charge in [0.2, 0.25) is 0 Å². The topological polar surface area (TPSA) is 130 Å². The maximum absolute atomic E-state index is 12.3. The number of rotatable bonds is 9. The second-order valence-electron chi connectivity index (χ2n) is 6.73. The third-order valence-electron chi connectivity index (χ3n) is 5.25. The summed E-state index contributed by atoms with van der Waals surface area (Å²) < 4.78 is 5.84. The van der Waals surface area contributed by atoms with Crippen molar-refractivity contribution in [2.24, 2.45) is 11.3 Å². The number of H-pyrrole nitrogens is 1. The summed E-state index contributed by atoms with van der Waals surface area (Å²) in [6, 6.07) is 1.74. The molecule has 1 heterocycles. The number of aromatic nitrogens is 2. The number of nitrogens with zero attached hydrogens (tertiary/aromatic N) is 1. The van der Waals surface area contributed by atoms with Crippen LogP contribution in [-0.2, 0) is 32.1 Å². The van der Waals surface area contributed by atoms with E-state index in [1.807, 2.05) is 0 Å². The van der Waals surface area contributed by atoms with Gasteiger partial charge in [-0.15, -0.1) is 0 Å². The van der Waals surface area contributed by atoms with Crippen LogP contribution in [0.4, 0.5) is 0 Å². The fourth-order valence-corrected chi connectivity index (χ4v) is 4.27. The molecule has 1 aromatic heterocycles. The lowest BCUT2D eigenvalue weighted by atomic mass is 9.67. The van der Waals surface area contributed by atoms with Gasteiger partial charge in [-0.3, -0.25) is 19.5 Å². The van der Waals surface area contributed by atoms with Crippen molar-refractivity contribution in [2.45, 2.75) is 46.6 Å². The number of benzene rings is 1. The Kier molecular flexibility index (Phi) is 6.82. The van der Waals surface area contributed by atoms with E-state index in [2.05, 4.69) is 26.1 Å². The molecule has 2 aromatic rings. The highest BCUT2D eigenvalue weighted by Crippen LogP contribution is 2.41. The lowest BCUT2D eigenvalue weighted by Gasteiger charge is -2.34. The summed E-state index contributed by atoms with van der Waals surface area (Å²) in [5.41, 5.74) is 0.406. The molecule has 3 N–H and O–H groups in total. The number of nitrogens with one attached hydrogen (secondary N) is 1. The molecule has 0 aliphatic rings. The molecule has 1 aromatic carbocycles. The van der Waals surface area contributed by atoms with E-state index in [9.17, 15) is 24.6 Å². The lowest BCUT2D eigenvalue weighted by Crippen LogP contribution is -2.44. The standard InChI is InChI=1S/C19H23BrN2O6/c1-4-14(17(24)25)19(5-2,18(26)27)7-11-6-15(20)16-12(8-21-22-16)13(11)9-28-10(3)23/h6,8,14H,4-5,7,9H2,1-3H3,(H,21,22)(H,24,25)(H,26,27). The van der Waals surface area contributed by atoms with Gasteiger partial charge in [0.1, 0.15) is 6.61 Å². The first kappa shape index (κ1) is 21.9. The molecule has 0 amide bonds. The predicted molar refractivity (Wildman–Crippen MR) is 105 cm³/mol. The number of aromatic amines is 1. The molecule has 0 bridgehead atoms. The van der Waals surface area contributed by atoms with Crippen LogP contribution in [0.1, 0.15) is 44.7 Å². The molecule has 0 fully saturated rings. The molecular formula is C19H23BrN2O6. The van der Waals surface area contributed by atoms with Gasteiger partial charge in [-0.25, -0.2) is 0 Å². The van der Waals surface area contributed by atoms with E-state index in [1.165, 1.54) is 6.92 Å². The van der Waals surface area contributed by atoms with E-state index in [-0.39, 0.29) is 25.9 Å². The monoisotopic (exact) mass is 454 g/mol. The van der Waals surface area contributed by atoms with Crippen molar-refractivity contribution in [3.05, 3.63) is 27.9 Å². The normalized spacial score (nSPS) is 14.4. The Morgan fingerprint density at radius 3 is 2.50 bits per heavy atom. The average Bonchev–Trinajstić information content (AvgIpc) is 3.10. The molecular weight excluding hydrogens is 432 g/mol. The Bertz CT molecular complexity index is 909. The van der Waals surface area contributed by atoms with Crippen molar-refractivity contribution in [1.82, 2.24) is 10.2 Å². The van der Waals surface area contributed by atoms with Crippen LogP contribution in [0.3, 0.4) is 0 Å². The fraction of sp³-hybridized carbons (Fsp3) is 0.474. The zero-order valence-corrected chi connectivity index (χ0v) is 17.5. The zero-order chi connectivity index (χ0) is 21.1. The van der Waals surface area contributed by atoms with Gasteiger partial charge in [0.15, 0.2) is 0 Å². The number of hydrogen-bond acceptors (Lipinski definition) is 5. The van der Waals surface area contributed by atoms with Gasteiger partial charge in [-0.1, -0.05) is 13.8 Å². The summed E-state index contributed by atoms with van der Waals surface area (Å²) in [7, 11) is 0. The van der Waals surface area contributed by atoms with Gasteiger partial charge in [0.05, 0.1) is 23.0 Å². The molecule has 9 heteroatoms. The average molecular weight is 455 g/mol. The van der Waals surface area contributed by atoms with Crippen LogP contribution in [0.15, 0.2) is 16.7 Å². The summed E-state index contributed by atoms with van der Waals surface area (Å²) in [6.07, 6.45) is 1.89. The molecule has 0 aliphatic carbocycles. The molecule has 8 nitrogen and oxygen atoms in total. The Morgan fingerprint density at radius 1 is 1.32 bits per heavy atom. The van der Waals surface area contributed by atoms with Crippen molar-refractivity contribution in [3.63, 3.8) is 0 Å². The van der Waals surface area contributed by atoms with Crippen LogP contribution in [0, 0.1) is 11.3 Å². The number of carbonyl (C=O) groups is 3. The highest BCUT2D eigenvalue weighted by molar-refractivity contribution is 9.10. The SMILES string of the molecule is CCC(C(=O)O)C(CC)(Cc1cc(Br)c2[nH]ncc2c1COC(C)=O)C(=O)O. The first-order valence-corrected chi connectivity index (χ1v) is 9.70. The molecule has 0 radical (unpaired) electrons. The molecule has 152 valence electrons. The van der Waals surface area contributed by atoms with Crippen molar-refractivity contribution in [3.8, 4) is 0 Å². The van der Waals surface area contributed by atoms with E-state index >= 15 is 0 Å². The fourth-order valence-electron chi connectivity index (χ4n) is 3.70. The van der Waals surface area contributed by atoms with E-state index in [4.69, 9.17) is 4.74 Å². The van der Waals surface area contributed by atoms with Crippen LogP contribution < -0.4 is 0 Å². The molecule has 2 unspecified atom stereocenters. The van der Waals surface area contributed by atoms with Gasteiger partial charge < -0.3 is 14.9 Å². The number of aliphatic carboxylic acids is 2. The van der Waals surface area contributed by atoms with Crippen LogP contribution in [-0.4, -0.2) is 38.3 Å². The second kappa shape index (κ2) is 8.72. The number of esters is 1. The lowest BCUT2D eigenvalue weighted by molar-refractivity contribution is -0.163. The van der Waals surface area contributed by atoms with Crippen molar-refractivity contribution in [2.75, 3.05) is 0 Å². The van der Waals surface area contributed by atoms with Gasteiger partial charge in [0.25, 0.3) is 0 Å². The third kappa shape index (κ3) is 4.04. The number of carboxylic acids is 2. The van der Waals surface area contributed by atoms with E-state index < -0.39 is 29.2 Å². The largest absolute Gasteiger partial charge is 0.481 e. The molecule has 0 saturated heterocycles. The van der Waals surface area contributed by atoms with Crippen LogP contribution in [0.2, 0.25) is 0 Å². The van der Waals surface area contributed by atoms with Crippen molar-refractivity contribution < 1.29 is 29.3 Å². The summed E-state index contributed by atoms with van der Waals surface area (Å²) in [5.74, 6) is -3.83. The summed E-state index contributed by atoms with van der Waals surface area (Å²) >= 11 is 3.45. The number of halogens is 1. The predicted octanol–water partition coefficient (Wildman–Crippen LogP) is 3.52. The molecule has 0 aliphatic heterocycles. The minimum absolute atomic E-state index is 0.0139. The van der Waals surface area contributed by atoms with Gasteiger partial charge in [0, 0.05) is 22.3 Å². The highest BCUT2D eigenvalue weighted by atomic mass is 79.9. The van der Waals surface area contributed by atoms with Crippen LogP contribution >= 0.6 is 15.9 Å². The Balaban J connectivity index is 2.66. The van der Waals surface area contributed by atoms with Crippen LogP contribution in [0.5, 0.6) is 0 Å². The van der Waals surface area contributed by atoms with E-state index in [1.54, 1.807) is 26.1 Å². The first-order chi connectivity index (χ1) is 13.2. The highest BCUT2D eigenvalue weighted by Gasteiger charge is 2.47. The molecule has 2 atom stereocenters. The van der Waals surface area contributed by atoms with E-state index in [0.29, 0.717) is 26.5 Å². The smallest absolute Gasteiger partial charge is 0.310 e. The van der Waals surface area contributed by atoms with Crippen molar-refractivity contribution >= 4 is 44.7 Å². The van der Waals surface area contributed by atoms with Gasteiger partial charge in [-0.2, -0.15) is 5.10 Å². The van der Waals surface area contributed by atoms with E-state index in [0.717, 1.165) is 0 Å². The first-order valence-electron chi connectivity index (χ1n) is 8.90. The van der Waals surface area contributed by atoms with Gasteiger partial charge in [-0.05, 0) is 46.8 Å². The number of fused-ring (bicyclic) bond motifs is 1. The minimum atomic E-state index is -1.50. The van der Waals surface area contributed by atoms with Crippen molar-refractivity contribution in [1.29, 1.82) is 0 Å². The molecule has 0 spiro atoms. The summed E-state index contributed by atoms with van der Waals surface area (Å²) in [6.45, 7) is 4.57. The molecule has 2 rings (SSSR count). The molecule has 0 saturated carbocycles. The number of carbonyl (C=O) groups excluding carboxylic acids is 1. The summed E-state index contributed by atoms with van der Waals surface area (Å²) in [4.78, 5) is 35.4. The number of hydrogen-bond donors (Lipinski definition) is 3. The number of ether oxygens (including phenoxy) is 1. The number of carboxylic acid groups (broad SMARTS) is 2. The Labute approximate surface area is 170 Å². The van der Waals surface area contributed by atoms with Gasteiger partial charge >= 0.3 is 17.9 Å². The van der Waals surface area contributed by atoms with Crippen LogP contribution in [0.25, 0.3) is 10.9 Å². The summed E-state index contributed by atoms with van der Waals surface area (Å²) in [5, 5.41) is 27.2. The third-order valence-corrected chi connectivity index (χ3v) is 5.87. The Morgan fingerprint density at radius 2 is 2.00 bits per heavy atom. The molecule has 28 heavy (non-hydrogen) atoms. The second-order valence-corrected chi connectivity index (χ2v) is 7.58. The zero-order valence-electron chi connectivity index (χ0n) is 15.9. The minimum Gasteiger partial charge on any atom is -0.481 e. The quantitative estimate of drug-likeness (QED) is 0.494. The maximum atomic E-state index is 12.3. The maximum Gasteiger partial charge on any atom is 0.310 e.